The van der Waals surface area contributed by atoms with Crippen LogP contribution in [-0.4, -0.2) is 12.5 Å². The van der Waals surface area contributed by atoms with Crippen LogP contribution in [0.15, 0.2) is 45.3 Å². The van der Waals surface area contributed by atoms with Gasteiger partial charge in [0.25, 0.3) is 5.91 Å². The predicted molar refractivity (Wildman–Crippen MR) is 91.6 cm³/mol. The third-order valence-electron chi connectivity index (χ3n) is 2.82. The summed E-state index contributed by atoms with van der Waals surface area (Å²) in [5.74, 6) is 0.344. The lowest BCUT2D eigenvalue weighted by Crippen LogP contribution is -2.21. The maximum absolute atomic E-state index is 12.0. The first-order chi connectivity index (χ1) is 9.97. The Morgan fingerprint density at radius 3 is 2.71 bits per heavy atom. The van der Waals surface area contributed by atoms with E-state index in [1.54, 1.807) is 12.1 Å². The minimum atomic E-state index is -0.259. The zero-order valence-electron chi connectivity index (χ0n) is 11.3. The second kappa shape index (κ2) is 6.95. The van der Waals surface area contributed by atoms with E-state index in [4.69, 9.17) is 10.5 Å². The van der Waals surface area contributed by atoms with Crippen molar-refractivity contribution in [3.8, 4) is 5.75 Å². The van der Waals surface area contributed by atoms with Gasteiger partial charge in [-0.2, -0.15) is 0 Å². The fourth-order valence-corrected chi connectivity index (χ4v) is 2.93. The van der Waals surface area contributed by atoms with Gasteiger partial charge in [-0.15, -0.1) is 0 Å². The van der Waals surface area contributed by atoms with Crippen LogP contribution in [0.2, 0.25) is 0 Å². The van der Waals surface area contributed by atoms with E-state index in [9.17, 15) is 4.79 Å². The number of para-hydroxylation sites is 1. The fraction of sp³-hybridized carbons (Fsp3) is 0.133. The number of ether oxygens (including phenoxy) is 1. The molecule has 2 rings (SSSR count). The number of rotatable bonds is 4. The molecule has 0 bridgehead atoms. The van der Waals surface area contributed by atoms with Gasteiger partial charge in [0.1, 0.15) is 5.75 Å². The minimum Gasteiger partial charge on any atom is -0.483 e. The lowest BCUT2D eigenvalue weighted by atomic mass is 10.1. The fourth-order valence-electron chi connectivity index (χ4n) is 1.77. The summed E-state index contributed by atoms with van der Waals surface area (Å²) in [6.45, 7) is 1.80. The lowest BCUT2D eigenvalue weighted by molar-refractivity contribution is -0.118. The van der Waals surface area contributed by atoms with E-state index in [1.165, 1.54) is 0 Å². The standard InChI is InChI=1S/C15H14Br2N2O2/c1-9-3-2-4-12(18)15(9)19-14(20)8-21-13-6-5-10(16)7-11(13)17/h2-7H,8,18H2,1H3,(H,19,20). The van der Waals surface area contributed by atoms with E-state index in [0.29, 0.717) is 17.1 Å². The number of aryl methyl sites for hydroxylation is 1. The summed E-state index contributed by atoms with van der Waals surface area (Å²) < 4.78 is 7.19. The monoisotopic (exact) mass is 412 g/mol. The molecule has 2 aromatic carbocycles. The smallest absolute Gasteiger partial charge is 0.262 e. The first-order valence-electron chi connectivity index (χ1n) is 6.20. The average molecular weight is 414 g/mol. The molecule has 0 aromatic heterocycles. The Balaban J connectivity index is 1.99. The largest absolute Gasteiger partial charge is 0.483 e. The molecule has 21 heavy (non-hydrogen) atoms. The number of amides is 1. The van der Waals surface area contributed by atoms with Crippen LogP contribution in [-0.2, 0) is 4.79 Å². The summed E-state index contributed by atoms with van der Waals surface area (Å²) in [5, 5.41) is 2.77. The number of nitrogens with one attached hydrogen (secondary N) is 1. The van der Waals surface area contributed by atoms with Crippen LogP contribution in [0.25, 0.3) is 0 Å². The summed E-state index contributed by atoms with van der Waals surface area (Å²) in [6, 6.07) is 11.0. The maximum atomic E-state index is 12.0. The molecule has 0 saturated heterocycles. The van der Waals surface area contributed by atoms with Gasteiger partial charge in [0.2, 0.25) is 0 Å². The van der Waals surface area contributed by atoms with E-state index < -0.39 is 0 Å². The number of halogens is 2. The molecule has 0 aliphatic heterocycles. The van der Waals surface area contributed by atoms with Crippen molar-refractivity contribution in [1.82, 2.24) is 0 Å². The van der Waals surface area contributed by atoms with Gasteiger partial charge in [-0.1, -0.05) is 28.1 Å². The highest BCUT2D eigenvalue weighted by Gasteiger charge is 2.09. The summed E-state index contributed by atoms with van der Waals surface area (Å²) in [6.07, 6.45) is 0. The Morgan fingerprint density at radius 2 is 2.05 bits per heavy atom. The van der Waals surface area contributed by atoms with Gasteiger partial charge in [0.15, 0.2) is 6.61 Å². The van der Waals surface area contributed by atoms with E-state index in [2.05, 4.69) is 37.2 Å². The molecule has 0 fully saturated rings. The number of carbonyl (C=O) groups excluding carboxylic acids is 1. The maximum Gasteiger partial charge on any atom is 0.262 e. The van der Waals surface area contributed by atoms with Crippen LogP contribution >= 0.6 is 31.9 Å². The first-order valence-corrected chi connectivity index (χ1v) is 7.79. The van der Waals surface area contributed by atoms with E-state index >= 15 is 0 Å². The molecule has 2 aromatic rings. The highest BCUT2D eigenvalue weighted by atomic mass is 79.9. The number of anilines is 2. The van der Waals surface area contributed by atoms with Crippen LogP contribution in [0.3, 0.4) is 0 Å². The molecule has 1 amide bonds. The van der Waals surface area contributed by atoms with Gasteiger partial charge in [0, 0.05) is 4.47 Å². The normalized spacial score (nSPS) is 10.2. The van der Waals surface area contributed by atoms with Gasteiger partial charge < -0.3 is 15.8 Å². The molecule has 4 nitrogen and oxygen atoms in total. The Hall–Kier alpha value is -1.53. The molecule has 3 N–H and O–H groups in total. The molecule has 0 atom stereocenters. The summed E-state index contributed by atoms with van der Waals surface area (Å²) in [5.41, 5.74) is 7.92. The van der Waals surface area contributed by atoms with Gasteiger partial charge in [-0.25, -0.2) is 0 Å². The van der Waals surface area contributed by atoms with Crippen LogP contribution in [0.4, 0.5) is 11.4 Å². The SMILES string of the molecule is Cc1cccc(N)c1NC(=O)COc1ccc(Br)cc1Br. The molecule has 0 heterocycles. The quantitative estimate of drug-likeness (QED) is 0.741. The second-order valence-electron chi connectivity index (χ2n) is 4.45. The Morgan fingerprint density at radius 1 is 1.29 bits per heavy atom. The van der Waals surface area contributed by atoms with Crippen LogP contribution in [0.5, 0.6) is 5.75 Å². The lowest BCUT2D eigenvalue weighted by Gasteiger charge is -2.12. The topological polar surface area (TPSA) is 64.3 Å². The van der Waals surface area contributed by atoms with Crippen LogP contribution < -0.4 is 15.8 Å². The Kier molecular flexibility index (Phi) is 5.25. The molecule has 0 unspecified atom stereocenters. The van der Waals surface area contributed by atoms with Crippen molar-refractivity contribution in [1.29, 1.82) is 0 Å². The Bertz CT molecular complexity index is 654. The molecule has 0 aliphatic carbocycles. The summed E-state index contributed by atoms with van der Waals surface area (Å²) in [7, 11) is 0. The Labute approximate surface area is 139 Å². The van der Waals surface area contributed by atoms with Crippen molar-refractivity contribution in [2.75, 3.05) is 17.7 Å². The van der Waals surface area contributed by atoms with Gasteiger partial charge in [0.05, 0.1) is 15.8 Å². The number of benzene rings is 2. The van der Waals surface area contributed by atoms with Crippen LogP contribution in [0.1, 0.15) is 5.56 Å². The molecule has 110 valence electrons. The number of hydrogen-bond donors (Lipinski definition) is 2. The number of carbonyl (C=O) groups is 1. The van der Waals surface area contributed by atoms with Crippen molar-refractivity contribution >= 4 is 49.1 Å². The first kappa shape index (κ1) is 15.9. The number of nitrogens with two attached hydrogens (primary N) is 1. The highest BCUT2D eigenvalue weighted by molar-refractivity contribution is 9.11. The average Bonchev–Trinajstić information content (AvgIpc) is 2.42. The molecular formula is C15H14Br2N2O2. The minimum absolute atomic E-state index is 0.0893. The molecule has 0 spiro atoms. The summed E-state index contributed by atoms with van der Waals surface area (Å²) >= 11 is 6.74. The summed E-state index contributed by atoms with van der Waals surface area (Å²) in [4.78, 5) is 12.0. The molecular weight excluding hydrogens is 400 g/mol. The zero-order chi connectivity index (χ0) is 15.4. The zero-order valence-corrected chi connectivity index (χ0v) is 14.5. The molecule has 0 saturated carbocycles. The van der Waals surface area contributed by atoms with Crippen molar-refractivity contribution in [3.05, 3.63) is 50.9 Å². The highest BCUT2D eigenvalue weighted by Crippen LogP contribution is 2.28. The number of hydrogen-bond acceptors (Lipinski definition) is 3. The van der Waals surface area contributed by atoms with Crippen molar-refractivity contribution < 1.29 is 9.53 Å². The predicted octanol–water partition coefficient (Wildman–Crippen LogP) is 4.12. The second-order valence-corrected chi connectivity index (χ2v) is 6.22. The van der Waals surface area contributed by atoms with Gasteiger partial charge in [-0.05, 0) is 52.7 Å². The van der Waals surface area contributed by atoms with Gasteiger partial charge >= 0.3 is 0 Å². The van der Waals surface area contributed by atoms with Crippen LogP contribution in [0, 0.1) is 6.92 Å². The number of nitrogen functional groups attached to an aromatic ring is 1. The van der Waals surface area contributed by atoms with E-state index in [0.717, 1.165) is 14.5 Å². The van der Waals surface area contributed by atoms with Crippen molar-refractivity contribution in [3.63, 3.8) is 0 Å². The third-order valence-corrected chi connectivity index (χ3v) is 3.94. The van der Waals surface area contributed by atoms with E-state index in [-0.39, 0.29) is 12.5 Å². The van der Waals surface area contributed by atoms with Crippen molar-refractivity contribution in [2.24, 2.45) is 0 Å². The third kappa shape index (κ3) is 4.22. The van der Waals surface area contributed by atoms with Gasteiger partial charge in [-0.3, -0.25) is 4.79 Å². The molecule has 0 aliphatic rings. The van der Waals surface area contributed by atoms with E-state index in [1.807, 2.05) is 31.2 Å². The molecule has 6 heteroatoms. The molecule has 0 radical (unpaired) electrons. The van der Waals surface area contributed by atoms with Crippen molar-refractivity contribution in [2.45, 2.75) is 6.92 Å².